The largest absolute Gasteiger partial charge is 0.493 e. The number of nitrogens with zero attached hydrogens (tertiary/aromatic N) is 3. The minimum Gasteiger partial charge on any atom is -0.493 e. The third kappa shape index (κ3) is 5.06. The van der Waals surface area contributed by atoms with Gasteiger partial charge in [-0.3, -0.25) is 4.99 Å². The quantitative estimate of drug-likeness (QED) is 0.364. The molecule has 33 heavy (non-hydrogen) atoms. The topological polar surface area (TPSA) is 63.5 Å². The zero-order valence-electron chi connectivity index (χ0n) is 19.8. The van der Waals surface area contributed by atoms with Gasteiger partial charge in [-0.15, -0.1) is 11.5 Å². The molecular weight excluding hydrogens is 414 g/mol. The average Bonchev–Trinajstić information content (AvgIpc) is 3.37. The van der Waals surface area contributed by atoms with Crippen molar-refractivity contribution in [2.24, 2.45) is 10.2 Å². The van der Waals surface area contributed by atoms with Crippen LogP contribution in [0.2, 0.25) is 0 Å². The first-order valence-corrected chi connectivity index (χ1v) is 11.1. The lowest BCUT2D eigenvalue weighted by molar-refractivity contribution is 0.356. The van der Waals surface area contributed by atoms with Crippen molar-refractivity contribution < 1.29 is 9.47 Å². The van der Waals surface area contributed by atoms with E-state index >= 15 is 0 Å². The molecule has 172 valence electrons. The van der Waals surface area contributed by atoms with Gasteiger partial charge in [0.15, 0.2) is 17.2 Å². The lowest BCUT2D eigenvalue weighted by Gasteiger charge is -2.29. The molecule has 2 aromatic carbocycles. The van der Waals surface area contributed by atoms with Crippen molar-refractivity contribution in [1.82, 2.24) is 4.90 Å². The van der Waals surface area contributed by atoms with Gasteiger partial charge in [0.05, 0.1) is 20.8 Å². The van der Waals surface area contributed by atoms with E-state index in [9.17, 15) is 4.91 Å². The Hall–Kier alpha value is -3.67. The van der Waals surface area contributed by atoms with Crippen LogP contribution in [0.15, 0.2) is 76.9 Å². The van der Waals surface area contributed by atoms with Gasteiger partial charge in [0.1, 0.15) is 5.84 Å². The predicted octanol–water partition coefficient (Wildman–Crippen LogP) is 6.76. The van der Waals surface area contributed by atoms with Gasteiger partial charge in [0.25, 0.3) is 0 Å². The standard InChI is InChI=1S/C23H23N3O3.C4H8/c1-4-15-9-10-20(26-12-11-24-23(15)26)17-7-5-16(6-8-17)18-13-19(25-27)22(29-3)21(14-18)28-2;1-3-4-2/h4-8,10,13-14H,9,11-12H2,1-3H3;3H,1,4H2,2H3/b15-4+;. The summed E-state index contributed by atoms with van der Waals surface area (Å²) >= 11 is 0. The Morgan fingerprint density at radius 3 is 2.39 bits per heavy atom. The van der Waals surface area contributed by atoms with Crippen LogP contribution in [0.1, 0.15) is 32.3 Å². The Balaban J connectivity index is 0.000000709. The molecule has 6 nitrogen and oxygen atoms in total. The van der Waals surface area contributed by atoms with Gasteiger partial charge in [-0.05, 0) is 59.3 Å². The fourth-order valence-corrected chi connectivity index (χ4v) is 3.90. The molecule has 0 radical (unpaired) electrons. The molecular formula is C27H31N3O3. The summed E-state index contributed by atoms with van der Waals surface area (Å²) in [5, 5.41) is 3.09. The first-order valence-electron chi connectivity index (χ1n) is 11.1. The van der Waals surface area contributed by atoms with E-state index in [0.29, 0.717) is 11.5 Å². The third-order valence-electron chi connectivity index (χ3n) is 5.64. The van der Waals surface area contributed by atoms with Crippen molar-refractivity contribution in [2.75, 3.05) is 27.3 Å². The minimum atomic E-state index is 0.220. The van der Waals surface area contributed by atoms with Crippen molar-refractivity contribution >= 4 is 17.2 Å². The zero-order chi connectivity index (χ0) is 23.8. The van der Waals surface area contributed by atoms with Gasteiger partial charge in [-0.25, -0.2) is 0 Å². The van der Waals surface area contributed by atoms with Gasteiger partial charge in [-0.2, -0.15) is 0 Å². The summed E-state index contributed by atoms with van der Waals surface area (Å²) in [6, 6.07) is 11.9. The minimum absolute atomic E-state index is 0.220. The number of methoxy groups -OCH3 is 2. The molecule has 0 aromatic heterocycles. The lowest BCUT2D eigenvalue weighted by atomic mass is 9.98. The van der Waals surface area contributed by atoms with Crippen LogP contribution in [0, 0.1) is 4.91 Å². The predicted molar refractivity (Wildman–Crippen MR) is 136 cm³/mol. The Kier molecular flexibility index (Phi) is 8.19. The number of allylic oxidation sites excluding steroid dienone is 3. The van der Waals surface area contributed by atoms with Crippen LogP contribution in [-0.4, -0.2) is 38.0 Å². The number of aliphatic imine (C=N–C) groups is 1. The van der Waals surface area contributed by atoms with E-state index in [0.717, 1.165) is 48.5 Å². The maximum atomic E-state index is 11.2. The smallest absolute Gasteiger partial charge is 0.190 e. The second kappa shape index (κ2) is 11.3. The van der Waals surface area contributed by atoms with Crippen molar-refractivity contribution in [3.8, 4) is 22.6 Å². The molecule has 4 rings (SSSR count). The molecule has 0 unspecified atom stereocenters. The summed E-state index contributed by atoms with van der Waals surface area (Å²) in [5.74, 6) is 1.92. The van der Waals surface area contributed by atoms with Gasteiger partial charge in [-0.1, -0.05) is 49.4 Å². The molecule has 2 aromatic rings. The zero-order valence-corrected chi connectivity index (χ0v) is 19.8. The number of fused-ring (bicyclic) bond motifs is 1. The van der Waals surface area contributed by atoms with Crippen LogP contribution in [0.3, 0.4) is 0 Å². The molecule has 0 amide bonds. The molecule has 0 saturated carbocycles. The maximum absolute atomic E-state index is 11.2. The Labute approximate surface area is 195 Å². The highest BCUT2D eigenvalue weighted by Gasteiger charge is 2.27. The van der Waals surface area contributed by atoms with E-state index in [1.54, 1.807) is 13.2 Å². The summed E-state index contributed by atoms with van der Waals surface area (Å²) in [6.07, 6.45) is 8.26. The SMILES string of the molecule is C/C=C1\CC=C(c2ccc(-c3cc(N=O)c(OC)c(OC)c3)cc2)N2CCN=C12.C=CCC. The maximum Gasteiger partial charge on any atom is 0.190 e. The molecule has 6 heteroatoms. The van der Waals surface area contributed by atoms with E-state index in [1.165, 1.54) is 18.4 Å². The monoisotopic (exact) mass is 445 g/mol. The number of rotatable bonds is 6. The Morgan fingerprint density at radius 1 is 1.12 bits per heavy atom. The van der Waals surface area contributed by atoms with Gasteiger partial charge in [0.2, 0.25) is 0 Å². The Morgan fingerprint density at radius 2 is 1.82 bits per heavy atom. The number of hydrogen-bond donors (Lipinski definition) is 0. The molecule has 0 spiro atoms. The third-order valence-corrected chi connectivity index (χ3v) is 5.64. The second-order valence-electron chi connectivity index (χ2n) is 7.56. The summed E-state index contributed by atoms with van der Waals surface area (Å²) in [7, 11) is 3.04. The molecule has 0 N–H and O–H groups in total. The lowest BCUT2D eigenvalue weighted by Crippen LogP contribution is -2.30. The van der Waals surface area contributed by atoms with E-state index in [4.69, 9.17) is 9.47 Å². The summed E-state index contributed by atoms with van der Waals surface area (Å²) in [5.41, 5.74) is 5.66. The molecule has 2 heterocycles. The number of nitroso groups, excluding NO2 is 1. The molecule has 2 aliphatic rings. The van der Waals surface area contributed by atoms with E-state index in [2.05, 4.69) is 59.8 Å². The number of benzene rings is 2. The van der Waals surface area contributed by atoms with Crippen LogP contribution in [0.5, 0.6) is 11.5 Å². The highest BCUT2D eigenvalue weighted by molar-refractivity contribution is 6.06. The van der Waals surface area contributed by atoms with Crippen molar-refractivity contribution in [1.29, 1.82) is 0 Å². The van der Waals surface area contributed by atoms with Crippen LogP contribution in [-0.2, 0) is 0 Å². The Bertz CT molecular complexity index is 1100. The molecule has 0 saturated heterocycles. The van der Waals surface area contributed by atoms with Crippen molar-refractivity contribution in [3.05, 3.63) is 77.2 Å². The number of amidine groups is 1. The van der Waals surface area contributed by atoms with Crippen molar-refractivity contribution in [3.63, 3.8) is 0 Å². The summed E-state index contributed by atoms with van der Waals surface area (Å²) in [4.78, 5) is 18.2. The van der Waals surface area contributed by atoms with Crippen LogP contribution >= 0.6 is 0 Å². The normalized spacial score (nSPS) is 15.6. The molecule has 0 aliphatic carbocycles. The van der Waals surface area contributed by atoms with Gasteiger partial charge >= 0.3 is 0 Å². The molecule has 0 fully saturated rings. The molecule has 2 aliphatic heterocycles. The highest BCUT2D eigenvalue weighted by atomic mass is 16.5. The van der Waals surface area contributed by atoms with Crippen LogP contribution in [0.4, 0.5) is 5.69 Å². The van der Waals surface area contributed by atoms with E-state index < -0.39 is 0 Å². The van der Waals surface area contributed by atoms with E-state index in [-0.39, 0.29) is 5.69 Å². The molecule has 0 atom stereocenters. The fraction of sp³-hybridized carbons (Fsp3) is 0.296. The summed E-state index contributed by atoms with van der Waals surface area (Å²) in [6.45, 7) is 9.34. The number of ether oxygens (including phenoxy) is 2. The number of hydrogen-bond acceptors (Lipinski definition) is 6. The highest BCUT2D eigenvalue weighted by Crippen LogP contribution is 2.41. The van der Waals surface area contributed by atoms with Crippen molar-refractivity contribution in [2.45, 2.75) is 26.7 Å². The first-order chi connectivity index (χ1) is 16.1. The average molecular weight is 446 g/mol. The second-order valence-corrected chi connectivity index (χ2v) is 7.56. The first kappa shape index (κ1) is 24.0. The van der Waals surface area contributed by atoms with Crippen LogP contribution in [0.25, 0.3) is 16.8 Å². The van der Waals surface area contributed by atoms with Gasteiger partial charge < -0.3 is 14.4 Å². The van der Waals surface area contributed by atoms with E-state index in [1.807, 2.05) is 24.3 Å². The molecule has 0 bridgehead atoms. The fourth-order valence-electron chi connectivity index (χ4n) is 3.90. The summed E-state index contributed by atoms with van der Waals surface area (Å²) < 4.78 is 10.6. The van der Waals surface area contributed by atoms with Crippen LogP contribution < -0.4 is 9.47 Å². The van der Waals surface area contributed by atoms with Gasteiger partial charge in [0, 0.05) is 12.2 Å².